The minimum absolute atomic E-state index is 0. The van der Waals surface area contributed by atoms with Crippen molar-refractivity contribution in [2.75, 3.05) is 26.2 Å². The van der Waals surface area contributed by atoms with Gasteiger partial charge in [-0.05, 0) is 24.1 Å². The molecule has 1 aromatic carbocycles. The van der Waals surface area contributed by atoms with Crippen LogP contribution in [0, 0.1) is 12.7 Å². The van der Waals surface area contributed by atoms with E-state index in [1.54, 1.807) is 0 Å². The average molecular weight is 349 g/mol. The number of nitrogens with zero attached hydrogens (tertiary/aromatic N) is 1. The maximum Gasteiger partial charge on any atom is 0.408 e. The Labute approximate surface area is 133 Å². The SMILES string of the molecule is Cc1c(F)cccc1[C@H](N1CCNCC1)C(F)(F)F.Cl.Cl. The van der Waals surface area contributed by atoms with E-state index in [-0.39, 0.29) is 35.9 Å². The van der Waals surface area contributed by atoms with Crippen LogP contribution in [0.5, 0.6) is 0 Å². The number of piperazine rings is 1. The fourth-order valence-corrected chi connectivity index (χ4v) is 2.44. The topological polar surface area (TPSA) is 15.3 Å². The monoisotopic (exact) mass is 348 g/mol. The maximum absolute atomic E-state index is 13.5. The van der Waals surface area contributed by atoms with Crippen LogP contribution in [-0.4, -0.2) is 37.3 Å². The molecule has 0 aromatic heterocycles. The van der Waals surface area contributed by atoms with Gasteiger partial charge >= 0.3 is 6.18 Å². The Morgan fingerprint density at radius 1 is 1.14 bits per heavy atom. The molecule has 8 heteroatoms. The van der Waals surface area contributed by atoms with Crippen LogP contribution in [-0.2, 0) is 0 Å². The van der Waals surface area contributed by atoms with Gasteiger partial charge in [0.15, 0.2) is 0 Å². The Balaban J connectivity index is 0.00000200. The number of hydrogen-bond acceptors (Lipinski definition) is 2. The minimum Gasteiger partial charge on any atom is -0.314 e. The van der Waals surface area contributed by atoms with Crippen molar-refractivity contribution in [1.82, 2.24) is 10.2 Å². The number of halogens is 6. The van der Waals surface area contributed by atoms with Crippen molar-refractivity contribution < 1.29 is 17.6 Å². The van der Waals surface area contributed by atoms with E-state index in [1.807, 2.05) is 0 Å². The zero-order valence-corrected chi connectivity index (χ0v) is 13.0. The molecular formula is C13H18Cl2F4N2. The summed E-state index contributed by atoms with van der Waals surface area (Å²) >= 11 is 0. The van der Waals surface area contributed by atoms with Crippen LogP contribution in [0.3, 0.4) is 0 Å². The first-order valence-electron chi connectivity index (χ1n) is 6.18. The van der Waals surface area contributed by atoms with Crippen molar-refractivity contribution in [3.63, 3.8) is 0 Å². The second kappa shape index (κ2) is 8.17. The van der Waals surface area contributed by atoms with Crippen molar-refractivity contribution in [3.05, 3.63) is 35.1 Å². The number of hydrogen-bond donors (Lipinski definition) is 1. The van der Waals surface area contributed by atoms with Crippen molar-refractivity contribution in [2.24, 2.45) is 0 Å². The van der Waals surface area contributed by atoms with E-state index in [0.29, 0.717) is 26.2 Å². The lowest BCUT2D eigenvalue weighted by Gasteiger charge is -2.36. The molecule has 122 valence electrons. The van der Waals surface area contributed by atoms with E-state index in [1.165, 1.54) is 30.0 Å². The normalized spacial score (nSPS) is 17.6. The fraction of sp³-hybridized carbons (Fsp3) is 0.538. The molecule has 0 spiro atoms. The lowest BCUT2D eigenvalue weighted by Crippen LogP contribution is -2.49. The quantitative estimate of drug-likeness (QED) is 0.823. The summed E-state index contributed by atoms with van der Waals surface area (Å²) in [5.41, 5.74) is 0.0813. The molecule has 0 bridgehead atoms. The second-order valence-corrected chi connectivity index (χ2v) is 4.68. The van der Waals surface area contributed by atoms with Crippen LogP contribution in [0.4, 0.5) is 17.6 Å². The molecule has 2 rings (SSSR count). The molecular weight excluding hydrogens is 331 g/mol. The van der Waals surface area contributed by atoms with Gasteiger partial charge in [0, 0.05) is 26.2 Å². The van der Waals surface area contributed by atoms with Crippen molar-refractivity contribution in [1.29, 1.82) is 0 Å². The Bertz CT molecular complexity index is 448. The highest BCUT2D eigenvalue weighted by atomic mass is 35.5. The molecule has 0 radical (unpaired) electrons. The van der Waals surface area contributed by atoms with Gasteiger partial charge < -0.3 is 5.32 Å². The third kappa shape index (κ3) is 4.71. The van der Waals surface area contributed by atoms with Gasteiger partial charge in [-0.2, -0.15) is 13.2 Å². The Kier molecular flexibility index (Phi) is 7.95. The Morgan fingerprint density at radius 3 is 2.24 bits per heavy atom. The van der Waals surface area contributed by atoms with Gasteiger partial charge in [0.1, 0.15) is 11.9 Å². The molecule has 1 aliphatic heterocycles. The highest BCUT2D eigenvalue weighted by Crippen LogP contribution is 2.39. The molecule has 1 aliphatic rings. The molecule has 1 N–H and O–H groups in total. The smallest absolute Gasteiger partial charge is 0.314 e. The summed E-state index contributed by atoms with van der Waals surface area (Å²) in [6, 6.07) is 2.15. The molecule has 0 aliphatic carbocycles. The third-order valence-electron chi connectivity index (χ3n) is 3.43. The van der Waals surface area contributed by atoms with Gasteiger partial charge in [-0.3, -0.25) is 4.90 Å². The molecule has 1 saturated heterocycles. The average Bonchev–Trinajstić information content (AvgIpc) is 2.35. The minimum atomic E-state index is -4.41. The summed E-state index contributed by atoms with van der Waals surface area (Å²) in [7, 11) is 0. The number of benzene rings is 1. The summed E-state index contributed by atoms with van der Waals surface area (Å²) in [5, 5.41) is 3.02. The van der Waals surface area contributed by atoms with Crippen LogP contribution >= 0.6 is 24.8 Å². The van der Waals surface area contributed by atoms with Crippen LogP contribution in [0.1, 0.15) is 17.2 Å². The van der Waals surface area contributed by atoms with E-state index in [2.05, 4.69) is 5.32 Å². The van der Waals surface area contributed by atoms with Gasteiger partial charge in [0.25, 0.3) is 0 Å². The largest absolute Gasteiger partial charge is 0.408 e. The Hall–Kier alpha value is -0.560. The van der Waals surface area contributed by atoms with Crippen LogP contribution in [0.25, 0.3) is 0 Å². The number of alkyl halides is 3. The predicted octanol–water partition coefficient (Wildman–Crippen LogP) is 3.49. The van der Waals surface area contributed by atoms with Crippen molar-refractivity contribution in [3.8, 4) is 0 Å². The van der Waals surface area contributed by atoms with Gasteiger partial charge in [0.2, 0.25) is 0 Å². The fourth-order valence-electron chi connectivity index (χ4n) is 2.44. The molecule has 1 fully saturated rings. The molecule has 0 amide bonds. The maximum atomic E-state index is 13.5. The summed E-state index contributed by atoms with van der Waals surface area (Å²) < 4.78 is 53.4. The molecule has 1 heterocycles. The van der Waals surface area contributed by atoms with E-state index < -0.39 is 18.0 Å². The summed E-state index contributed by atoms with van der Waals surface area (Å²) in [5.74, 6) is -0.595. The molecule has 1 atom stereocenters. The first-order valence-corrected chi connectivity index (χ1v) is 6.18. The summed E-state index contributed by atoms with van der Waals surface area (Å²) in [4.78, 5) is 1.36. The molecule has 0 saturated carbocycles. The molecule has 21 heavy (non-hydrogen) atoms. The Morgan fingerprint density at radius 2 is 1.71 bits per heavy atom. The van der Waals surface area contributed by atoms with E-state index in [9.17, 15) is 17.6 Å². The predicted molar refractivity (Wildman–Crippen MR) is 78.9 cm³/mol. The summed E-state index contributed by atoms with van der Waals surface area (Å²) in [6.07, 6.45) is -4.41. The van der Waals surface area contributed by atoms with Crippen LogP contribution in [0.15, 0.2) is 18.2 Å². The standard InChI is InChI=1S/C13H16F4N2.2ClH/c1-9-10(3-2-4-11(9)14)12(13(15,16)17)19-7-5-18-6-8-19;;/h2-4,12,18H,5-8H2,1H3;2*1H/t12-;;/m0../s1. The number of rotatable bonds is 2. The van der Waals surface area contributed by atoms with Gasteiger partial charge in [-0.15, -0.1) is 24.8 Å². The summed E-state index contributed by atoms with van der Waals surface area (Å²) in [6.45, 7) is 3.04. The zero-order valence-electron chi connectivity index (χ0n) is 11.4. The van der Waals surface area contributed by atoms with Crippen molar-refractivity contribution >= 4 is 24.8 Å². The number of nitrogens with one attached hydrogen (secondary N) is 1. The van der Waals surface area contributed by atoms with E-state index in [4.69, 9.17) is 0 Å². The van der Waals surface area contributed by atoms with Crippen LogP contribution in [0.2, 0.25) is 0 Å². The zero-order chi connectivity index (χ0) is 14.0. The highest BCUT2D eigenvalue weighted by Gasteiger charge is 2.45. The molecule has 0 unspecified atom stereocenters. The highest BCUT2D eigenvalue weighted by molar-refractivity contribution is 5.85. The lowest BCUT2D eigenvalue weighted by atomic mass is 9.98. The van der Waals surface area contributed by atoms with Gasteiger partial charge in [0.05, 0.1) is 0 Å². The van der Waals surface area contributed by atoms with Gasteiger partial charge in [-0.25, -0.2) is 4.39 Å². The lowest BCUT2D eigenvalue weighted by molar-refractivity contribution is -0.188. The van der Waals surface area contributed by atoms with Crippen LogP contribution < -0.4 is 5.32 Å². The molecule has 2 nitrogen and oxygen atoms in total. The van der Waals surface area contributed by atoms with Gasteiger partial charge in [-0.1, -0.05) is 12.1 Å². The van der Waals surface area contributed by atoms with Crippen molar-refractivity contribution in [2.45, 2.75) is 19.1 Å². The van der Waals surface area contributed by atoms with E-state index in [0.717, 1.165) is 0 Å². The van der Waals surface area contributed by atoms with E-state index >= 15 is 0 Å². The second-order valence-electron chi connectivity index (χ2n) is 4.68. The first-order chi connectivity index (χ1) is 8.91. The third-order valence-corrected chi connectivity index (χ3v) is 3.43. The molecule has 1 aromatic rings. The first kappa shape index (κ1) is 20.4.